The van der Waals surface area contributed by atoms with E-state index in [9.17, 15) is 4.39 Å². The van der Waals surface area contributed by atoms with Gasteiger partial charge in [0.2, 0.25) is 5.95 Å². The van der Waals surface area contributed by atoms with Crippen LogP contribution >= 0.6 is 0 Å². The summed E-state index contributed by atoms with van der Waals surface area (Å²) in [5.74, 6) is 0.180. The molecule has 2 aromatic heterocycles. The predicted molar refractivity (Wildman–Crippen MR) is 114 cm³/mol. The highest BCUT2D eigenvalue weighted by Gasteiger charge is 2.46. The molecule has 6 rings (SSSR count). The maximum Gasteiger partial charge on any atom is 0.223 e. The fourth-order valence-electron chi connectivity index (χ4n) is 5.50. The quantitative estimate of drug-likeness (QED) is 0.778. The van der Waals surface area contributed by atoms with Crippen LogP contribution < -0.4 is 10.6 Å². The van der Waals surface area contributed by atoms with E-state index in [1.807, 2.05) is 4.68 Å². The number of nitrogens with zero attached hydrogens (tertiary/aromatic N) is 4. The first kappa shape index (κ1) is 18.7. The molecule has 7 heteroatoms. The van der Waals surface area contributed by atoms with E-state index in [0.717, 1.165) is 43.1 Å². The van der Waals surface area contributed by atoms with Crippen molar-refractivity contribution < 1.29 is 4.39 Å². The molecule has 0 unspecified atom stereocenters. The smallest absolute Gasteiger partial charge is 0.223 e. The van der Waals surface area contributed by atoms with Crippen LogP contribution in [0.2, 0.25) is 0 Å². The number of anilines is 1. The van der Waals surface area contributed by atoms with Gasteiger partial charge in [-0.2, -0.15) is 5.10 Å². The maximum absolute atomic E-state index is 14.7. The standard InChI is InChI=1S/C23H31FN6/c24-19-14-25-22(28-17-6-4-16(5-7-17)27-15-2-1-3-15)29-21(19)18-13-26-30-11-10-23(8-9-23)12-20(18)30/h13-17,27H,1-12H2,(H,25,28,29). The van der Waals surface area contributed by atoms with Crippen molar-refractivity contribution in [3.63, 3.8) is 0 Å². The van der Waals surface area contributed by atoms with Gasteiger partial charge in [-0.25, -0.2) is 14.4 Å². The lowest BCUT2D eigenvalue weighted by molar-refractivity contribution is 0.260. The molecule has 0 radical (unpaired) electrons. The molecule has 3 saturated carbocycles. The number of aromatic nitrogens is 4. The van der Waals surface area contributed by atoms with Gasteiger partial charge < -0.3 is 10.6 Å². The van der Waals surface area contributed by atoms with Gasteiger partial charge in [-0.3, -0.25) is 4.68 Å². The average Bonchev–Trinajstić information content (AvgIpc) is 3.35. The fourth-order valence-corrected chi connectivity index (χ4v) is 5.50. The van der Waals surface area contributed by atoms with Crippen LogP contribution in [0.1, 0.15) is 69.9 Å². The monoisotopic (exact) mass is 410 g/mol. The summed E-state index contributed by atoms with van der Waals surface area (Å²) < 4.78 is 16.7. The molecule has 4 aliphatic rings. The van der Waals surface area contributed by atoms with Crippen LogP contribution in [-0.4, -0.2) is 37.9 Å². The van der Waals surface area contributed by atoms with Crippen molar-refractivity contribution in [3.8, 4) is 11.3 Å². The Morgan fingerprint density at radius 2 is 1.73 bits per heavy atom. The second-order valence-electron chi connectivity index (χ2n) is 10.0. The normalized spacial score (nSPS) is 27.5. The van der Waals surface area contributed by atoms with Gasteiger partial charge >= 0.3 is 0 Å². The number of hydrogen-bond acceptors (Lipinski definition) is 5. The summed E-state index contributed by atoms with van der Waals surface area (Å²) in [4.78, 5) is 8.85. The molecule has 0 amide bonds. The van der Waals surface area contributed by atoms with Gasteiger partial charge in [-0.15, -0.1) is 0 Å². The topological polar surface area (TPSA) is 67.7 Å². The van der Waals surface area contributed by atoms with E-state index < -0.39 is 0 Å². The third kappa shape index (κ3) is 3.51. The average molecular weight is 411 g/mol. The van der Waals surface area contributed by atoms with Crippen LogP contribution in [0.4, 0.5) is 10.3 Å². The summed E-state index contributed by atoms with van der Waals surface area (Å²) >= 11 is 0. The van der Waals surface area contributed by atoms with Gasteiger partial charge in [0.1, 0.15) is 5.69 Å². The molecule has 160 valence electrons. The summed E-state index contributed by atoms with van der Waals surface area (Å²) in [6.07, 6.45) is 16.5. The molecule has 0 saturated heterocycles. The fraction of sp³-hybridized carbons (Fsp3) is 0.696. The number of nitrogens with one attached hydrogen (secondary N) is 2. The Balaban J connectivity index is 1.15. The van der Waals surface area contributed by atoms with E-state index in [1.54, 1.807) is 6.20 Å². The first-order valence-corrected chi connectivity index (χ1v) is 11.8. The Morgan fingerprint density at radius 3 is 2.47 bits per heavy atom. The Hall–Kier alpha value is -2.02. The van der Waals surface area contributed by atoms with Crippen molar-refractivity contribution >= 4 is 5.95 Å². The van der Waals surface area contributed by atoms with Gasteiger partial charge in [0.25, 0.3) is 0 Å². The van der Waals surface area contributed by atoms with E-state index >= 15 is 0 Å². The van der Waals surface area contributed by atoms with Gasteiger partial charge in [0.15, 0.2) is 5.82 Å². The number of rotatable bonds is 5. The second kappa shape index (κ2) is 7.29. The Labute approximate surface area is 177 Å². The van der Waals surface area contributed by atoms with Crippen molar-refractivity contribution in [1.82, 2.24) is 25.1 Å². The third-order valence-corrected chi connectivity index (χ3v) is 7.94. The van der Waals surface area contributed by atoms with Crippen LogP contribution in [-0.2, 0) is 13.0 Å². The van der Waals surface area contributed by atoms with Gasteiger partial charge in [-0.1, -0.05) is 6.42 Å². The molecule has 0 atom stereocenters. The first-order valence-electron chi connectivity index (χ1n) is 11.8. The van der Waals surface area contributed by atoms with Crippen LogP contribution in [0.25, 0.3) is 11.3 Å². The molecule has 1 aliphatic heterocycles. The molecular weight excluding hydrogens is 379 g/mol. The zero-order valence-electron chi connectivity index (χ0n) is 17.5. The van der Waals surface area contributed by atoms with Crippen LogP contribution in [0.3, 0.4) is 0 Å². The van der Waals surface area contributed by atoms with E-state index in [4.69, 9.17) is 0 Å². The Bertz CT molecular complexity index is 924. The Morgan fingerprint density at radius 1 is 0.967 bits per heavy atom. The van der Waals surface area contributed by atoms with Gasteiger partial charge in [-0.05, 0) is 69.6 Å². The van der Waals surface area contributed by atoms with E-state index in [1.165, 1.54) is 57.6 Å². The van der Waals surface area contributed by atoms with Gasteiger partial charge in [0, 0.05) is 35.9 Å². The number of hydrogen-bond donors (Lipinski definition) is 2. The highest BCUT2D eigenvalue weighted by atomic mass is 19.1. The molecule has 2 N–H and O–H groups in total. The molecule has 3 aliphatic carbocycles. The molecule has 6 nitrogen and oxygen atoms in total. The molecular formula is C23H31FN6. The van der Waals surface area contributed by atoms with Crippen molar-refractivity contribution in [2.75, 3.05) is 5.32 Å². The minimum atomic E-state index is -0.361. The van der Waals surface area contributed by atoms with Crippen molar-refractivity contribution in [1.29, 1.82) is 0 Å². The number of aryl methyl sites for hydroxylation is 1. The van der Waals surface area contributed by atoms with Crippen molar-refractivity contribution in [2.45, 2.75) is 95.3 Å². The summed E-state index contributed by atoms with van der Waals surface area (Å²) in [6.45, 7) is 0.936. The van der Waals surface area contributed by atoms with Gasteiger partial charge in [0.05, 0.1) is 12.4 Å². The van der Waals surface area contributed by atoms with E-state index in [-0.39, 0.29) is 5.82 Å². The Kier molecular flexibility index (Phi) is 4.55. The lowest BCUT2D eigenvalue weighted by Gasteiger charge is -2.35. The van der Waals surface area contributed by atoms with Crippen LogP contribution in [0, 0.1) is 11.2 Å². The van der Waals surface area contributed by atoms with E-state index in [0.29, 0.717) is 29.1 Å². The summed E-state index contributed by atoms with van der Waals surface area (Å²) in [5, 5.41) is 11.8. The maximum atomic E-state index is 14.7. The highest BCUT2D eigenvalue weighted by molar-refractivity contribution is 5.63. The summed E-state index contributed by atoms with van der Waals surface area (Å²) in [5.41, 5.74) is 2.83. The summed E-state index contributed by atoms with van der Waals surface area (Å²) in [6, 6.07) is 1.75. The molecule has 0 bridgehead atoms. The minimum Gasteiger partial charge on any atom is -0.351 e. The largest absolute Gasteiger partial charge is 0.351 e. The molecule has 1 spiro atoms. The van der Waals surface area contributed by atoms with E-state index in [2.05, 4.69) is 25.7 Å². The molecule has 30 heavy (non-hydrogen) atoms. The third-order valence-electron chi connectivity index (χ3n) is 7.94. The predicted octanol–water partition coefficient (Wildman–Crippen LogP) is 4.07. The van der Waals surface area contributed by atoms with Crippen LogP contribution in [0.15, 0.2) is 12.4 Å². The number of fused-ring (bicyclic) bond motifs is 1. The lowest BCUT2D eigenvalue weighted by Crippen LogP contribution is -2.45. The zero-order valence-corrected chi connectivity index (χ0v) is 17.5. The van der Waals surface area contributed by atoms with Crippen molar-refractivity contribution in [2.24, 2.45) is 5.41 Å². The van der Waals surface area contributed by atoms with Crippen molar-refractivity contribution in [3.05, 3.63) is 23.9 Å². The summed E-state index contributed by atoms with van der Waals surface area (Å²) in [7, 11) is 0. The SMILES string of the molecule is Fc1cnc(NC2CCC(NC3CCC3)CC2)nc1-c1cnn2c1CC1(CC2)CC1. The molecule has 3 heterocycles. The molecule has 3 fully saturated rings. The molecule has 2 aromatic rings. The lowest BCUT2D eigenvalue weighted by atomic mass is 9.87. The zero-order chi connectivity index (χ0) is 20.1. The number of halogens is 1. The second-order valence-corrected chi connectivity index (χ2v) is 10.0. The van der Waals surface area contributed by atoms with Crippen LogP contribution in [0.5, 0.6) is 0 Å². The molecule has 0 aromatic carbocycles. The highest BCUT2D eigenvalue weighted by Crippen LogP contribution is 2.54. The first-order chi connectivity index (χ1) is 14.7. The minimum absolute atomic E-state index is 0.360.